The fourth-order valence-corrected chi connectivity index (χ4v) is 2.60. The predicted molar refractivity (Wildman–Crippen MR) is 76.3 cm³/mol. The maximum Gasteiger partial charge on any atom is 0.416 e. The molecule has 9 heteroatoms. The number of benzene rings is 1. The van der Waals surface area contributed by atoms with E-state index in [0.717, 1.165) is 12.1 Å². The molecule has 1 aromatic carbocycles. The van der Waals surface area contributed by atoms with Crippen LogP contribution < -0.4 is 5.73 Å². The predicted octanol–water partition coefficient (Wildman–Crippen LogP) is 4.24. The molecule has 0 bridgehead atoms. The van der Waals surface area contributed by atoms with Crippen molar-refractivity contribution in [3.63, 3.8) is 0 Å². The summed E-state index contributed by atoms with van der Waals surface area (Å²) < 4.78 is 77.0. The molecule has 132 valence electrons. The van der Waals surface area contributed by atoms with Crippen LogP contribution >= 0.6 is 12.4 Å². The normalized spacial score (nSPS) is 21.1. The highest BCUT2D eigenvalue weighted by Crippen LogP contribution is 2.38. The summed E-state index contributed by atoms with van der Waals surface area (Å²) in [6.45, 7) is 2.60. The van der Waals surface area contributed by atoms with E-state index in [1.54, 1.807) is 11.8 Å². The molecule has 0 aliphatic carbocycles. The second kappa shape index (κ2) is 6.86. The van der Waals surface area contributed by atoms with Gasteiger partial charge >= 0.3 is 12.4 Å². The number of nitrogens with zero attached hydrogens (tertiary/aromatic N) is 1. The lowest BCUT2D eigenvalue weighted by Crippen LogP contribution is -2.29. The van der Waals surface area contributed by atoms with Gasteiger partial charge in [-0.15, -0.1) is 12.4 Å². The molecule has 1 aromatic rings. The first kappa shape index (κ1) is 20.1. The first-order valence-corrected chi connectivity index (χ1v) is 6.77. The number of alkyl halides is 6. The third-order valence-electron chi connectivity index (χ3n) is 3.90. The van der Waals surface area contributed by atoms with Crippen molar-refractivity contribution < 1.29 is 26.3 Å². The minimum Gasteiger partial charge on any atom is -0.326 e. The van der Waals surface area contributed by atoms with Gasteiger partial charge in [-0.05, 0) is 37.1 Å². The smallest absolute Gasteiger partial charge is 0.326 e. The maximum absolute atomic E-state index is 12.8. The Morgan fingerprint density at radius 1 is 1.04 bits per heavy atom. The van der Waals surface area contributed by atoms with Crippen LogP contribution in [0.15, 0.2) is 18.2 Å². The number of nitrogens with two attached hydrogens (primary N) is 1. The van der Waals surface area contributed by atoms with E-state index in [1.165, 1.54) is 0 Å². The van der Waals surface area contributed by atoms with Crippen LogP contribution in [0.5, 0.6) is 0 Å². The van der Waals surface area contributed by atoms with E-state index in [-0.39, 0.29) is 30.1 Å². The summed E-state index contributed by atoms with van der Waals surface area (Å²) in [5.41, 5.74) is 3.17. The molecule has 1 heterocycles. The molecule has 0 saturated carbocycles. The van der Waals surface area contributed by atoms with Crippen molar-refractivity contribution in [2.75, 3.05) is 13.1 Å². The molecular weight excluding hydrogens is 346 g/mol. The minimum atomic E-state index is -4.82. The van der Waals surface area contributed by atoms with Gasteiger partial charge in [-0.1, -0.05) is 0 Å². The Labute approximate surface area is 136 Å². The SMILES string of the molecule is CC(c1cc(C(F)(F)F)cc(C(F)(F)F)c1)N1CCC(N)C1.Cl. The van der Waals surface area contributed by atoms with Crippen molar-refractivity contribution >= 4 is 12.4 Å². The lowest BCUT2D eigenvalue weighted by Gasteiger charge is -2.26. The zero-order chi connectivity index (χ0) is 16.7. The highest BCUT2D eigenvalue weighted by molar-refractivity contribution is 5.85. The highest BCUT2D eigenvalue weighted by Gasteiger charge is 2.38. The lowest BCUT2D eigenvalue weighted by atomic mass is 9.99. The average Bonchev–Trinajstić information content (AvgIpc) is 2.82. The van der Waals surface area contributed by atoms with Crippen molar-refractivity contribution in [3.8, 4) is 0 Å². The fraction of sp³-hybridized carbons (Fsp3) is 0.571. The molecule has 1 saturated heterocycles. The Kier molecular flexibility index (Phi) is 5.98. The molecule has 1 aliphatic heterocycles. The molecule has 0 aromatic heterocycles. The van der Waals surface area contributed by atoms with Gasteiger partial charge in [0.1, 0.15) is 0 Å². The standard InChI is InChI=1S/C14H16F6N2.ClH/c1-8(22-3-2-12(21)7-22)9-4-10(13(15,16)17)6-11(5-9)14(18,19)20;/h4-6,8,12H,2-3,7,21H2,1H3;1H. The number of hydrogen-bond acceptors (Lipinski definition) is 2. The van der Waals surface area contributed by atoms with Gasteiger partial charge in [-0.2, -0.15) is 26.3 Å². The monoisotopic (exact) mass is 362 g/mol. The van der Waals surface area contributed by atoms with Gasteiger partial charge in [0.2, 0.25) is 0 Å². The van der Waals surface area contributed by atoms with Crippen molar-refractivity contribution in [2.45, 2.75) is 37.8 Å². The topological polar surface area (TPSA) is 29.3 Å². The second-order valence-corrected chi connectivity index (χ2v) is 5.56. The summed E-state index contributed by atoms with van der Waals surface area (Å²) in [7, 11) is 0. The molecule has 2 nitrogen and oxygen atoms in total. The fourth-order valence-electron chi connectivity index (χ4n) is 2.60. The molecule has 2 rings (SSSR count). The minimum absolute atomic E-state index is 0. The zero-order valence-corrected chi connectivity index (χ0v) is 13.0. The van der Waals surface area contributed by atoms with Gasteiger partial charge in [-0.3, -0.25) is 4.90 Å². The van der Waals surface area contributed by atoms with Crippen LogP contribution in [-0.2, 0) is 12.4 Å². The lowest BCUT2D eigenvalue weighted by molar-refractivity contribution is -0.143. The summed E-state index contributed by atoms with van der Waals surface area (Å²) in [4.78, 5) is 1.79. The summed E-state index contributed by atoms with van der Waals surface area (Å²) in [5, 5.41) is 0. The quantitative estimate of drug-likeness (QED) is 0.797. The molecule has 2 atom stereocenters. The number of halogens is 7. The molecule has 0 spiro atoms. The third-order valence-corrected chi connectivity index (χ3v) is 3.90. The Hall–Kier alpha value is -0.990. The van der Waals surface area contributed by atoms with E-state index in [2.05, 4.69) is 0 Å². The molecule has 2 N–H and O–H groups in total. The van der Waals surface area contributed by atoms with Crippen molar-refractivity contribution in [1.82, 2.24) is 4.90 Å². The van der Waals surface area contributed by atoms with Crippen molar-refractivity contribution in [3.05, 3.63) is 34.9 Å². The maximum atomic E-state index is 12.8. The molecule has 0 radical (unpaired) electrons. The van der Waals surface area contributed by atoms with Gasteiger partial charge in [0.15, 0.2) is 0 Å². The largest absolute Gasteiger partial charge is 0.416 e. The highest BCUT2D eigenvalue weighted by atomic mass is 35.5. The summed E-state index contributed by atoms with van der Waals surface area (Å²) in [6.07, 6.45) is -8.97. The van der Waals surface area contributed by atoms with E-state index in [4.69, 9.17) is 5.73 Å². The third kappa shape index (κ3) is 4.74. The van der Waals surface area contributed by atoms with Crippen LogP contribution in [-0.4, -0.2) is 24.0 Å². The second-order valence-electron chi connectivity index (χ2n) is 5.56. The Morgan fingerprint density at radius 2 is 1.52 bits per heavy atom. The van der Waals surface area contributed by atoms with Crippen molar-refractivity contribution in [2.24, 2.45) is 5.73 Å². The summed E-state index contributed by atoms with van der Waals surface area (Å²) in [5.74, 6) is 0. The van der Waals surface area contributed by atoms with Gasteiger partial charge in [0, 0.05) is 25.2 Å². The van der Waals surface area contributed by atoms with E-state index in [9.17, 15) is 26.3 Å². The van der Waals surface area contributed by atoms with Crippen LogP contribution in [0, 0.1) is 0 Å². The van der Waals surface area contributed by atoms with E-state index < -0.39 is 29.5 Å². The van der Waals surface area contributed by atoms with Crippen LogP contribution in [0.1, 0.15) is 36.1 Å². The Morgan fingerprint density at radius 3 is 1.87 bits per heavy atom. The molecule has 1 fully saturated rings. The van der Waals surface area contributed by atoms with Gasteiger partial charge in [-0.25, -0.2) is 0 Å². The number of hydrogen-bond donors (Lipinski definition) is 1. The first-order valence-electron chi connectivity index (χ1n) is 6.77. The van der Waals surface area contributed by atoms with Gasteiger partial charge < -0.3 is 5.73 Å². The summed E-state index contributed by atoms with van der Waals surface area (Å²) in [6, 6.07) is 1.05. The molecule has 0 amide bonds. The van der Waals surface area contributed by atoms with Crippen LogP contribution in [0.25, 0.3) is 0 Å². The van der Waals surface area contributed by atoms with Crippen LogP contribution in [0.2, 0.25) is 0 Å². The number of likely N-dealkylation sites (tertiary alicyclic amines) is 1. The van der Waals surface area contributed by atoms with Crippen LogP contribution in [0.3, 0.4) is 0 Å². The first-order chi connectivity index (χ1) is 9.98. The average molecular weight is 363 g/mol. The summed E-state index contributed by atoms with van der Waals surface area (Å²) >= 11 is 0. The van der Waals surface area contributed by atoms with Crippen molar-refractivity contribution in [1.29, 1.82) is 0 Å². The molecular formula is C14H17ClF6N2. The van der Waals surface area contributed by atoms with E-state index in [1.807, 2.05) is 0 Å². The van der Waals surface area contributed by atoms with Crippen LogP contribution in [0.4, 0.5) is 26.3 Å². The number of rotatable bonds is 2. The molecule has 1 aliphatic rings. The molecule has 2 unspecified atom stereocenters. The zero-order valence-electron chi connectivity index (χ0n) is 12.2. The Balaban J connectivity index is 0.00000264. The van der Waals surface area contributed by atoms with Gasteiger partial charge in [0.05, 0.1) is 11.1 Å². The van der Waals surface area contributed by atoms with Gasteiger partial charge in [0.25, 0.3) is 0 Å². The van der Waals surface area contributed by atoms with E-state index >= 15 is 0 Å². The van der Waals surface area contributed by atoms with E-state index in [0.29, 0.717) is 19.5 Å². The Bertz CT molecular complexity index is 511. The molecule has 23 heavy (non-hydrogen) atoms.